The summed E-state index contributed by atoms with van der Waals surface area (Å²) in [6.07, 6.45) is 4.48. The molecule has 3 heterocycles. The van der Waals surface area contributed by atoms with Gasteiger partial charge in [0.1, 0.15) is 5.82 Å². The molecule has 1 fully saturated rings. The topological polar surface area (TPSA) is 71.8 Å². The number of hydrogen-bond acceptors (Lipinski definition) is 4. The molecule has 1 atom stereocenters. The van der Waals surface area contributed by atoms with Gasteiger partial charge in [0.15, 0.2) is 5.82 Å². The Morgan fingerprint density at radius 3 is 3.17 bits per heavy atom. The van der Waals surface area contributed by atoms with Crippen LogP contribution >= 0.6 is 0 Å². The number of aromatic nitrogens is 3. The van der Waals surface area contributed by atoms with E-state index in [2.05, 4.69) is 31.5 Å². The van der Waals surface area contributed by atoms with Crippen LogP contribution in [0.5, 0.6) is 0 Å². The molecular weight excluding hydrogens is 302 g/mol. The maximum Gasteiger partial charge on any atom is 0.251 e. The van der Waals surface area contributed by atoms with E-state index in [1.165, 1.54) is 18.4 Å². The third kappa shape index (κ3) is 3.06. The zero-order valence-electron chi connectivity index (χ0n) is 13.8. The molecule has 1 amide bonds. The first-order chi connectivity index (χ1) is 11.8. The third-order valence-electron chi connectivity index (χ3n) is 5.01. The van der Waals surface area contributed by atoms with E-state index >= 15 is 0 Å². The molecule has 24 heavy (non-hydrogen) atoms. The van der Waals surface area contributed by atoms with Crippen LogP contribution in [0.2, 0.25) is 0 Å². The van der Waals surface area contributed by atoms with E-state index < -0.39 is 0 Å². The molecule has 2 aliphatic heterocycles. The highest BCUT2D eigenvalue weighted by Gasteiger charge is 2.19. The molecule has 126 valence electrons. The Hall–Kier alpha value is -2.21. The number of hydrogen-bond donors (Lipinski definition) is 2. The Balaban J connectivity index is 1.42. The number of carbonyl (C=O) groups excluding carboxylic acids is 1. The molecule has 6 heteroatoms. The maximum atomic E-state index is 12.5. The minimum atomic E-state index is -0.0454. The molecule has 6 nitrogen and oxygen atoms in total. The quantitative estimate of drug-likeness (QED) is 0.896. The van der Waals surface area contributed by atoms with Crippen molar-refractivity contribution in [2.45, 2.75) is 44.7 Å². The molecule has 4 rings (SSSR count). The summed E-state index contributed by atoms with van der Waals surface area (Å²) in [6.45, 7) is 3.48. The van der Waals surface area contributed by atoms with E-state index in [0.29, 0.717) is 12.5 Å². The van der Waals surface area contributed by atoms with Gasteiger partial charge in [-0.05, 0) is 49.4 Å². The normalized spacial score (nSPS) is 19.9. The second-order valence-electron chi connectivity index (χ2n) is 6.64. The van der Waals surface area contributed by atoms with Crippen molar-refractivity contribution in [3.63, 3.8) is 0 Å². The number of benzene rings is 1. The van der Waals surface area contributed by atoms with Crippen molar-refractivity contribution in [3.05, 3.63) is 47.0 Å². The molecule has 0 bridgehead atoms. The van der Waals surface area contributed by atoms with Crippen LogP contribution < -0.4 is 10.6 Å². The Labute approximate surface area is 141 Å². The van der Waals surface area contributed by atoms with Gasteiger partial charge in [-0.2, -0.15) is 0 Å². The van der Waals surface area contributed by atoms with Gasteiger partial charge in [-0.15, -0.1) is 10.2 Å². The molecule has 1 unspecified atom stereocenters. The summed E-state index contributed by atoms with van der Waals surface area (Å²) in [4.78, 5) is 12.5. The summed E-state index contributed by atoms with van der Waals surface area (Å²) >= 11 is 0. The zero-order valence-corrected chi connectivity index (χ0v) is 13.8. The van der Waals surface area contributed by atoms with Gasteiger partial charge < -0.3 is 15.2 Å². The molecule has 1 aromatic carbocycles. The summed E-state index contributed by atoms with van der Waals surface area (Å²) in [7, 11) is 0. The lowest BCUT2D eigenvalue weighted by atomic mass is 9.90. The summed E-state index contributed by atoms with van der Waals surface area (Å²) in [6, 6.07) is 8.01. The number of piperidine rings is 1. The molecule has 2 aromatic rings. The van der Waals surface area contributed by atoms with Gasteiger partial charge in [0.2, 0.25) is 0 Å². The van der Waals surface area contributed by atoms with E-state index in [0.717, 1.165) is 49.7 Å². The minimum absolute atomic E-state index is 0.0454. The first-order valence-electron chi connectivity index (χ1n) is 8.81. The summed E-state index contributed by atoms with van der Waals surface area (Å²) < 4.78 is 2.12. The van der Waals surface area contributed by atoms with Crippen LogP contribution in [0, 0.1) is 0 Å². The number of amides is 1. The number of fused-ring (bicyclic) bond motifs is 1. The van der Waals surface area contributed by atoms with Crippen molar-refractivity contribution in [3.8, 4) is 0 Å². The number of nitrogens with zero attached hydrogens (tertiary/aromatic N) is 3. The lowest BCUT2D eigenvalue weighted by Gasteiger charge is -2.23. The van der Waals surface area contributed by atoms with Crippen molar-refractivity contribution in [1.82, 2.24) is 25.4 Å². The van der Waals surface area contributed by atoms with Crippen LogP contribution in [0.25, 0.3) is 0 Å². The highest BCUT2D eigenvalue weighted by Crippen LogP contribution is 2.23. The third-order valence-corrected chi connectivity index (χ3v) is 5.01. The van der Waals surface area contributed by atoms with Crippen molar-refractivity contribution in [1.29, 1.82) is 0 Å². The van der Waals surface area contributed by atoms with E-state index in [-0.39, 0.29) is 5.91 Å². The molecule has 2 N–H and O–H groups in total. The predicted molar refractivity (Wildman–Crippen MR) is 90.8 cm³/mol. The number of nitrogens with one attached hydrogen (secondary N) is 2. The summed E-state index contributed by atoms with van der Waals surface area (Å²) in [5, 5.41) is 14.8. The van der Waals surface area contributed by atoms with Gasteiger partial charge in [-0.25, -0.2) is 0 Å². The van der Waals surface area contributed by atoms with Crippen LogP contribution in [-0.2, 0) is 19.5 Å². The number of aryl methyl sites for hydroxylation is 1. The number of rotatable bonds is 4. The number of carbonyl (C=O) groups is 1. The predicted octanol–water partition coefficient (Wildman–Crippen LogP) is 1.62. The van der Waals surface area contributed by atoms with Gasteiger partial charge in [0, 0.05) is 25.1 Å². The van der Waals surface area contributed by atoms with Crippen LogP contribution in [0.15, 0.2) is 24.3 Å². The van der Waals surface area contributed by atoms with Crippen molar-refractivity contribution in [2.24, 2.45) is 0 Å². The van der Waals surface area contributed by atoms with Gasteiger partial charge >= 0.3 is 0 Å². The lowest BCUT2D eigenvalue weighted by Crippen LogP contribution is -2.29. The second kappa shape index (κ2) is 6.73. The maximum absolute atomic E-state index is 12.5. The van der Waals surface area contributed by atoms with Crippen molar-refractivity contribution < 1.29 is 4.79 Å². The van der Waals surface area contributed by atoms with E-state index in [1.54, 1.807) is 0 Å². The average molecular weight is 325 g/mol. The van der Waals surface area contributed by atoms with Crippen molar-refractivity contribution >= 4 is 5.91 Å². The Bertz CT molecular complexity index is 733. The monoisotopic (exact) mass is 325 g/mol. The average Bonchev–Trinajstić information content (AvgIpc) is 3.25. The van der Waals surface area contributed by atoms with E-state index in [4.69, 9.17) is 0 Å². The molecule has 0 radical (unpaired) electrons. The molecule has 0 spiro atoms. The molecule has 0 saturated carbocycles. The minimum Gasteiger partial charge on any atom is -0.345 e. The standard InChI is InChI=1S/C18H23N5O/c24-18(20-12-17-22-21-16-7-3-9-23(16)17)14-5-1-4-13(10-14)15-6-2-8-19-11-15/h1,4-5,10,15,19H,2-3,6-9,11-12H2,(H,20,24). The van der Waals surface area contributed by atoms with E-state index in [9.17, 15) is 4.79 Å². The van der Waals surface area contributed by atoms with Crippen LogP contribution in [0.3, 0.4) is 0 Å². The molecule has 2 aliphatic rings. The second-order valence-corrected chi connectivity index (χ2v) is 6.64. The lowest BCUT2D eigenvalue weighted by molar-refractivity contribution is 0.0949. The highest BCUT2D eigenvalue weighted by atomic mass is 16.1. The van der Waals surface area contributed by atoms with E-state index in [1.807, 2.05) is 18.2 Å². The van der Waals surface area contributed by atoms with Gasteiger partial charge in [-0.3, -0.25) is 4.79 Å². The molecule has 0 aliphatic carbocycles. The Kier molecular flexibility index (Phi) is 4.30. The molecular formula is C18H23N5O. The van der Waals surface area contributed by atoms with Crippen LogP contribution in [0.4, 0.5) is 0 Å². The van der Waals surface area contributed by atoms with Crippen LogP contribution in [0.1, 0.15) is 52.8 Å². The molecule has 1 saturated heterocycles. The largest absolute Gasteiger partial charge is 0.345 e. The SMILES string of the molecule is O=C(NCc1nnc2n1CCC2)c1cccc(C2CCCNC2)c1. The summed E-state index contributed by atoms with van der Waals surface area (Å²) in [5.74, 6) is 2.34. The van der Waals surface area contributed by atoms with Gasteiger partial charge in [-0.1, -0.05) is 12.1 Å². The molecule has 1 aromatic heterocycles. The fourth-order valence-corrected chi connectivity index (χ4v) is 3.67. The fraction of sp³-hybridized carbons (Fsp3) is 0.500. The van der Waals surface area contributed by atoms with Crippen molar-refractivity contribution in [2.75, 3.05) is 13.1 Å². The first kappa shape index (κ1) is 15.3. The highest BCUT2D eigenvalue weighted by molar-refractivity contribution is 5.94. The van der Waals surface area contributed by atoms with Gasteiger partial charge in [0.25, 0.3) is 5.91 Å². The zero-order chi connectivity index (χ0) is 16.4. The Morgan fingerprint density at radius 1 is 1.33 bits per heavy atom. The smallest absolute Gasteiger partial charge is 0.251 e. The van der Waals surface area contributed by atoms with Gasteiger partial charge in [0.05, 0.1) is 6.54 Å². The summed E-state index contributed by atoms with van der Waals surface area (Å²) in [5.41, 5.74) is 1.97. The fourth-order valence-electron chi connectivity index (χ4n) is 3.67. The first-order valence-corrected chi connectivity index (χ1v) is 8.81. The Morgan fingerprint density at radius 2 is 2.29 bits per heavy atom. The van der Waals surface area contributed by atoms with Crippen LogP contribution in [-0.4, -0.2) is 33.8 Å².